The van der Waals surface area contributed by atoms with E-state index in [1.165, 1.54) is 11.3 Å². The summed E-state index contributed by atoms with van der Waals surface area (Å²) in [5, 5.41) is 6.88. The Balaban J connectivity index is 0. The van der Waals surface area contributed by atoms with Crippen molar-refractivity contribution in [2.75, 3.05) is 0 Å². The summed E-state index contributed by atoms with van der Waals surface area (Å²) in [6.07, 6.45) is 0. The number of nitrogens with one attached hydrogen (secondary N) is 1. The Bertz CT molecular complexity index is 170. The van der Waals surface area contributed by atoms with E-state index < -0.39 is 0 Å². The van der Waals surface area contributed by atoms with E-state index in [0.29, 0.717) is 0 Å². The lowest BCUT2D eigenvalue weighted by molar-refractivity contribution is 1.02. The van der Waals surface area contributed by atoms with Gasteiger partial charge in [0.05, 0.1) is 5.69 Å². The van der Waals surface area contributed by atoms with Crippen LogP contribution in [0.15, 0.2) is 0 Å². The van der Waals surface area contributed by atoms with Crippen molar-refractivity contribution in [1.82, 2.24) is 10.2 Å². The molecule has 72 valence electrons. The summed E-state index contributed by atoms with van der Waals surface area (Å²) in [6.45, 7) is 14.1. The Morgan fingerprint density at radius 2 is 1.33 bits per heavy atom. The molecule has 2 nitrogen and oxygen atoms in total. The molecule has 0 atom stereocenters. The van der Waals surface area contributed by atoms with E-state index in [1.54, 1.807) is 0 Å². The highest BCUT2D eigenvalue weighted by atomic mass is 15.1. The zero-order valence-corrected chi connectivity index (χ0v) is 9.45. The van der Waals surface area contributed by atoms with Gasteiger partial charge in [-0.05, 0) is 26.3 Å². The van der Waals surface area contributed by atoms with Crippen LogP contribution < -0.4 is 0 Å². The molecule has 12 heavy (non-hydrogen) atoms. The maximum atomic E-state index is 3.99. The molecule has 0 radical (unpaired) electrons. The second kappa shape index (κ2) is 8.31. The third-order valence-electron chi connectivity index (χ3n) is 1.50. The van der Waals surface area contributed by atoms with Gasteiger partial charge in [0.1, 0.15) is 0 Å². The van der Waals surface area contributed by atoms with Crippen LogP contribution in [0.2, 0.25) is 0 Å². The molecule has 0 aliphatic carbocycles. The molecule has 0 fully saturated rings. The van der Waals surface area contributed by atoms with Gasteiger partial charge in [-0.2, -0.15) is 5.10 Å². The Morgan fingerprint density at radius 1 is 0.917 bits per heavy atom. The van der Waals surface area contributed by atoms with E-state index in [4.69, 9.17) is 0 Å². The second-order valence-corrected chi connectivity index (χ2v) is 2.06. The number of nitrogens with zero attached hydrogens (tertiary/aromatic N) is 1. The first kappa shape index (κ1) is 13.8. The zero-order valence-electron chi connectivity index (χ0n) is 9.45. The fraction of sp³-hybridized carbons (Fsp3) is 0.700. The lowest BCUT2D eigenvalue weighted by Crippen LogP contribution is -1.73. The average molecular weight is 170 g/mol. The number of aromatic nitrogens is 2. The SMILES string of the molecule is CC.CC.Cc1n[nH]c(C)c1C. The van der Waals surface area contributed by atoms with Gasteiger partial charge in [-0.15, -0.1) is 0 Å². The zero-order chi connectivity index (χ0) is 10.1. The quantitative estimate of drug-likeness (QED) is 0.635. The summed E-state index contributed by atoms with van der Waals surface area (Å²) in [5.41, 5.74) is 3.54. The van der Waals surface area contributed by atoms with Crippen molar-refractivity contribution in [1.29, 1.82) is 0 Å². The first-order valence-corrected chi connectivity index (χ1v) is 4.70. The Morgan fingerprint density at radius 3 is 1.42 bits per heavy atom. The van der Waals surface area contributed by atoms with Gasteiger partial charge in [-0.3, -0.25) is 5.10 Å². The molecule has 0 saturated heterocycles. The first-order valence-electron chi connectivity index (χ1n) is 4.70. The van der Waals surface area contributed by atoms with Crippen LogP contribution in [-0.2, 0) is 0 Å². The van der Waals surface area contributed by atoms with Crippen LogP contribution in [0.3, 0.4) is 0 Å². The Hall–Kier alpha value is -0.790. The van der Waals surface area contributed by atoms with Crippen molar-refractivity contribution < 1.29 is 0 Å². The maximum absolute atomic E-state index is 3.99. The number of hydrogen-bond donors (Lipinski definition) is 1. The van der Waals surface area contributed by atoms with Gasteiger partial charge in [0.15, 0.2) is 0 Å². The van der Waals surface area contributed by atoms with Gasteiger partial charge in [0.25, 0.3) is 0 Å². The smallest absolute Gasteiger partial charge is 0.0623 e. The monoisotopic (exact) mass is 170 g/mol. The minimum absolute atomic E-state index is 1.10. The third kappa shape index (κ3) is 4.16. The van der Waals surface area contributed by atoms with Gasteiger partial charge >= 0.3 is 0 Å². The van der Waals surface area contributed by atoms with Gasteiger partial charge in [0.2, 0.25) is 0 Å². The van der Waals surface area contributed by atoms with Crippen LogP contribution in [0, 0.1) is 20.8 Å². The third-order valence-corrected chi connectivity index (χ3v) is 1.50. The predicted molar refractivity (Wildman–Crippen MR) is 55.5 cm³/mol. The van der Waals surface area contributed by atoms with Crippen LogP contribution in [0.25, 0.3) is 0 Å². The average Bonchev–Trinajstić information content (AvgIpc) is 2.43. The summed E-state index contributed by atoms with van der Waals surface area (Å²) in [4.78, 5) is 0. The highest BCUT2D eigenvalue weighted by Crippen LogP contribution is 2.04. The fourth-order valence-corrected chi connectivity index (χ4v) is 0.607. The van der Waals surface area contributed by atoms with E-state index in [2.05, 4.69) is 17.1 Å². The van der Waals surface area contributed by atoms with Crippen molar-refractivity contribution in [3.8, 4) is 0 Å². The maximum Gasteiger partial charge on any atom is 0.0623 e. The van der Waals surface area contributed by atoms with E-state index in [0.717, 1.165) is 5.69 Å². The highest BCUT2D eigenvalue weighted by Gasteiger charge is 1.96. The summed E-state index contributed by atoms with van der Waals surface area (Å²) < 4.78 is 0. The Labute approximate surface area is 76.4 Å². The van der Waals surface area contributed by atoms with Gasteiger partial charge in [0, 0.05) is 5.69 Å². The number of aryl methyl sites for hydroxylation is 2. The Kier molecular flexibility index (Phi) is 9.54. The summed E-state index contributed by atoms with van der Waals surface area (Å²) in [7, 11) is 0. The molecular weight excluding hydrogens is 148 g/mol. The summed E-state index contributed by atoms with van der Waals surface area (Å²) >= 11 is 0. The van der Waals surface area contributed by atoms with Crippen LogP contribution in [0.5, 0.6) is 0 Å². The lowest BCUT2D eigenvalue weighted by Gasteiger charge is -1.83. The van der Waals surface area contributed by atoms with E-state index in [9.17, 15) is 0 Å². The van der Waals surface area contributed by atoms with Crippen molar-refractivity contribution in [3.05, 3.63) is 17.0 Å². The molecule has 1 heterocycles. The number of rotatable bonds is 0. The standard InChI is InChI=1S/C6H10N2.2C2H6/c1-4-5(2)7-8-6(4)3;2*1-2/h1-3H3,(H,7,8);2*1-2H3. The number of hydrogen-bond acceptors (Lipinski definition) is 1. The minimum atomic E-state index is 1.10. The van der Waals surface area contributed by atoms with Crippen LogP contribution in [-0.4, -0.2) is 10.2 Å². The van der Waals surface area contributed by atoms with E-state index >= 15 is 0 Å². The minimum Gasteiger partial charge on any atom is -0.282 e. The van der Waals surface area contributed by atoms with Crippen molar-refractivity contribution in [2.24, 2.45) is 0 Å². The van der Waals surface area contributed by atoms with E-state index in [1.807, 2.05) is 41.5 Å². The second-order valence-electron chi connectivity index (χ2n) is 2.06. The first-order chi connectivity index (χ1) is 5.72. The predicted octanol–water partition coefficient (Wildman–Crippen LogP) is 3.39. The molecule has 0 spiro atoms. The molecule has 1 aromatic rings. The molecule has 0 amide bonds. The highest BCUT2D eigenvalue weighted by molar-refractivity contribution is 5.20. The summed E-state index contributed by atoms with van der Waals surface area (Å²) in [6, 6.07) is 0. The molecule has 0 unspecified atom stereocenters. The number of aromatic amines is 1. The molecule has 0 saturated carbocycles. The molecule has 1 N–H and O–H groups in total. The molecule has 0 bridgehead atoms. The van der Waals surface area contributed by atoms with Crippen LogP contribution in [0.1, 0.15) is 44.6 Å². The lowest BCUT2D eigenvalue weighted by atomic mass is 10.2. The van der Waals surface area contributed by atoms with Gasteiger partial charge in [-0.25, -0.2) is 0 Å². The molecule has 0 aliphatic rings. The molecule has 1 rings (SSSR count). The van der Waals surface area contributed by atoms with Crippen LogP contribution in [0.4, 0.5) is 0 Å². The molecular formula is C10H22N2. The topological polar surface area (TPSA) is 28.7 Å². The molecule has 2 heteroatoms. The van der Waals surface area contributed by atoms with Crippen molar-refractivity contribution in [3.63, 3.8) is 0 Å². The van der Waals surface area contributed by atoms with Crippen molar-refractivity contribution in [2.45, 2.75) is 48.5 Å². The fourth-order valence-electron chi connectivity index (χ4n) is 0.607. The van der Waals surface area contributed by atoms with Gasteiger partial charge < -0.3 is 0 Å². The van der Waals surface area contributed by atoms with E-state index in [-0.39, 0.29) is 0 Å². The largest absolute Gasteiger partial charge is 0.282 e. The van der Waals surface area contributed by atoms with Gasteiger partial charge in [-0.1, -0.05) is 27.7 Å². The summed E-state index contributed by atoms with van der Waals surface area (Å²) in [5.74, 6) is 0. The normalized spacial score (nSPS) is 7.58. The van der Waals surface area contributed by atoms with Crippen molar-refractivity contribution >= 4 is 0 Å². The molecule has 0 aliphatic heterocycles. The molecule has 1 aromatic heterocycles. The molecule has 0 aromatic carbocycles. The van der Waals surface area contributed by atoms with Crippen LogP contribution >= 0.6 is 0 Å². The number of H-pyrrole nitrogens is 1.